The van der Waals surface area contributed by atoms with Gasteiger partial charge in [0.2, 0.25) is 0 Å². The fraction of sp³-hybridized carbons (Fsp3) is 0.346. The van der Waals surface area contributed by atoms with Gasteiger partial charge in [-0.1, -0.05) is 38.4 Å². The molecule has 166 valence electrons. The highest BCUT2D eigenvalue weighted by Crippen LogP contribution is 2.35. The van der Waals surface area contributed by atoms with E-state index in [1.165, 1.54) is 0 Å². The zero-order valence-corrected chi connectivity index (χ0v) is 19.7. The number of aromatic amines is 1. The topological polar surface area (TPSA) is 67.9 Å². The van der Waals surface area contributed by atoms with Gasteiger partial charge in [0.25, 0.3) is 0 Å². The van der Waals surface area contributed by atoms with Crippen molar-refractivity contribution in [2.45, 2.75) is 46.5 Å². The molecule has 4 rings (SSSR count). The smallest absolute Gasteiger partial charge is 0.170 e. The average Bonchev–Trinajstić information content (AvgIpc) is 3.28. The minimum atomic E-state index is -0.257. The Bertz CT molecular complexity index is 1180. The molecule has 3 aromatic rings. The first-order valence-electron chi connectivity index (χ1n) is 11.1. The quantitative estimate of drug-likeness (QED) is 0.466. The summed E-state index contributed by atoms with van der Waals surface area (Å²) in [4.78, 5) is 18.3. The van der Waals surface area contributed by atoms with E-state index in [1.54, 1.807) is 0 Å². The maximum absolute atomic E-state index is 13.6. The van der Waals surface area contributed by atoms with Crippen LogP contribution in [0.2, 0.25) is 5.02 Å². The number of aromatic nitrogens is 3. The van der Waals surface area contributed by atoms with Crippen molar-refractivity contribution >= 4 is 23.0 Å². The van der Waals surface area contributed by atoms with Gasteiger partial charge < -0.3 is 4.74 Å². The number of nitrogens with one attached hydrogen (secondary N) is 1. The Morgan fingerprint density at radius 1 is 1.31 bits per heavy atom. The van der Waals surface area contributed by atoms with Crippen molar-refractivity contribution in [1.82, 2.24) is 15.2 Å². The molecule has 1 aliphatic rings. The van der Waals surface area contributed by atoms with Gasteiger partial charge in [-0.25, -0.2) is 0 Å². The van der Waals surface area contributed by atoms with Crippen LogP contribution in [0.25, 0.3) is 16.8 Å². The van der Waals surface area contributed by atoms with Crippen molar-refractivity contribution in [3.05, 3.63) is 70.1 Å². The third kappa shape index (κ3) is 4.22. The number of halogens is 1. The summed E-state index contributed by atoms with van der Waals surface area (Å²) in [7, 11) is 0. The molecule has 32 heavy (non-hydrogen) atoms. The molecule has 1 unspecified atom stereocenters. The van der Waals surface area contributed by atoms with Gasteiger partial charge in [0.05, 0.1) is 24.4 Å². The molecule has 0 saturated carbocycles. The largest absolute Gasteiger partial charge is 0.493 e. The average molecular weight is 450 g/mol. The first-order chi connectivity index (χ1) is 15.4. The molecule has 5 nitrogen and oxygen atoms in total. The Kier molecular flexibility index (Phi) is 6.47. The molecule has 1 aliphatic heterocycles. The lowest BCUT2D eigenvalue weighted by Gasteiger charge is -2.26. The fourth-order valence-electron chi connectivity index (χ4n) is 4.31. The Balaban J connectivity index is 1.67. The zero-order valence-electron chi connectivity index (χ0n) is 18.9. The lowest BCUT2D eigenvalue weighted by molar-refractivity contribution is -0.118. The first-order valence-corrected chi connectivity index (χ1v) is 11.4. The van der Waals surface area contributed by atoms with Crippen LogP contribution in [0.1, 0.15) is 56.0 Å². The number of fused-ring (bicyclic) bond motifs is 1. The number of hydrogen-bond donors (Lipinski definition) is 1. The van der Waals surface area contributed by atoms with Gasteiger partial charge in [0.1, 0.15) is 5.75 Å². The van der Waals surface area contributed by atoms with E-state index < -0.39 is 0 Å². The van der Waals surface area contributed by atoms with Crippen LogP contribution in [0.4, 0.5) is 0 Å². The van der Waals surface area contributed by atoms with E-state index in [4.69, 9.17) is 21.3 Å². The summed E-state index contributed by atoms with van der Waals surface area (Å²) >= 11 is 6.16. The van der Waals surface area contributed by atoms with Crippen LogP contribution in [0.15, 0.2) is 42.7 Å². The maximum atomic E-state index is 13.6. The van der Waals surface area contributed by atoms with Gasteiger partial charge in [0, 0.05) is 33.6 Å². The van der Waals surface area contributed by atoms with Crippen molar-refractivity contribution in [1.29, 1.82) is 0 Å². The second-order valence-electron chi connectivity index (χ2n) is 8.46. The number of carbonyl (C=O) groups is 1. The summed E-state index contributed by atoms with van der Waals surface area (Å²) in [5.41, 5.74) is 6.57. The van der Waals surface area contributed by atoms with Gasteiger partial charge >= 0.3 is 0 Å². The van der Waals surface area contributed by atoms with Gasteiger partial charge in [-0.05, 0) is 61.1 Å². The second kappa shape index (κ2) is 9.29. The number of aryl methyl sites for hydroxylation is 1. The molecule has 1 atom stereocenters. The molecule has 0 amide bonds. The number of allylic oxidation sites excluding steroid dienone is 2. The normalized spacial score (nSPS) is 16.1. The van der Waals surface area contributed by atoms with Gasteiger partial charge in [-0.3, -0.25) is 14.9 Å². The van der Waals surface area contributed by atoms with Crippen LogP contribution in [-0.2, 0) is 17.6 Å². The Morgan fingerprint density at radius 2 is 2.12 bits per heavy atom. The van der Waals surface area contributed by atoms with Crippen molar-refractivity contribution in [2.75, 3.05) is 6.61 Å². The van der Waals surface area contributed by atoms with Crippen LogP contribution in [0.3, 0.4) is 0 Å². The number of H-pyrrole nitrogens is 1. The van der Waals surface area contributed by atoms with Crippen LogP contribution in [0, 0.1) is 5.92 Å². The molecular weight excluding hydrogens is 422 g/mol. The Hall–Kier alpha value is -2.92. The zero-order chi connectivity index (χ0) is 22.8. The van der Waals surface area contributed by atoms with Crippen LogP contribution >= 0.6 is 11.6 Å². The molecule has 0 aliphatic carbocycles. The van der Waals surface area contributed by atoms with Crippen molar-refractivity contribution < 1.29 is 9.53 Å². The number of carbonyl (C=O) groups excluding carboxylic acids is 1. The summed E-state index contributed by atoms with van der Waals surface area (Å²) < 4.78 is 5.88. The molecule has 1 N–H and O–H groups in total. The minimum Gasteiger partial charge on any atom is -0.493 e. The van der Waals surface area contributed by atoms with E-state index in [2.05, 4.69) is 37.0 Å². The highest BCUT2D eigenvalue weighted by Gasteiger charge is 2.30. The third-order valence-electron chi connectivity index (χ3n) is 6.05. The molecular formula is C26H28ClN3O2. The Morgan fingerprint density at radius 3 is 2.84 bits per heavy atom. The predicted molar refractivity (Wildman–Crippen MR) is 128 cm³/mol. The molecule has 0 radical (unpaired) electrons. The minimum absolute atomic E-state index is 0.0760. The molecule has 0 fully saturated rings. The van der Waals surface area contributed by atoms with E-state index in [0.29, 0.717) is 23.6 Å². The number of rotatable bonds is 6. The first kappa shape index (κ1) is 22.3. The molecule has 0 spiro atoms. The lowest BCUT2D eigenvalue weighted by Crippen LogP contribution is -2.29. The fourth-order valence-corrected chi connectivity index (χ4v) is 4.50. The monoisotopic (exact) mass is 449 g/mol. The number of hydrogen-bond acceptors (Lipinski definition) is 4. The number of ketones is 1. The molecule has 6 heteroatoms. The number of benzene rings is 1. The van der Waals surface area contributed by atoms with Gasteiger partial charge in [0.15, 0.2) is 5.78 Å². The standard InChI is InChI=1S/C26H28ClN3O2/c1-5-19(26(31)17-9-16-10-18(27)7-8-25(16)32-14-17)21-12-28-24(11-20(21)15(3)4)22-13-29-30-23(22)6-2/h5,7-8,10-13,15,17H,6,9,14H2,1-4H3,(H,29,30)/b19-5+. The summed E-state index contributed by atoms with van der Waals surface area (Å²) in [6, 6.07) is 7.66. The van der Waals surface area contributed by atoms with Crippen LogP contribution in [0.5, 0.6) is 5.75 Å². The van der Waals surface area contributed by atoms with E-state index in [1.807, 2.05) is 43.6 Å². The van der Waals surface area contributed by atoms with E-state index in [0.717, 1.165) is 45.8 Å². The van der Waals surface area contributed by atoms with E-state index >= 15 is 0 Å². The third-order valence-corrected chi connectivity index (χ3v) is 6.28. The second-order valence-corrected chi connectivity index (χ2v) is 8.89. The molecule has 2 aromatic heterocycles. The van der Waals surface area contributed by atoms with Crippen LogP contribution in [-0.4, -0.2) is 27.6 Å². The highest BCUT2D eigenvalue weighted by molar-refractivity contribution is 6.30. The molecule has 0 saturated heterocycles. The molecule has 3 heterocycles. The summed E-state index contributed by atoms with van der Waals surface area (Å²) in [5.74, 6) is 0.856. The number of Topliss-reactive ketones (excluding diaryl/α,β-unsaturated/α-hetero) is 1. The van der Waals surface area contributed by atoms with Gasteiger partial charge in [-0.2, -0.15) is 5.10 Å². The van der Waals surface area contributed by atoms with E-state index in [-0.39, 0.29) is 17.6 Å². The number of ether oxygens (including phenoxy) is 1. The number of nitrogens with zero attached hydrogens (tertiary/aromatic N) is 2. The SMILES string of the molecule is C/C=C(/C(=O)C1COc2ccc(Cl)cc2C1)c1cnc(-c2cn[nH]c2CC)cc1C(C)C. The summed E-state index contributed by atoms with van der Waals surface area (Å²) in [6.07, 6.45) is 7.01. The summed E-state index contributed by atoms with van der Waals surface area (Å²) in [6.45, 7) is 8.63. The molecule has 1 aromatic carbocycles. The highest BCUT2D eigenvalue weighted by atomic mass is 35.5. The molecule has 0 bridgehead atoms. The predicted octanol–water partition coefficient (Wildman–Crippen LogP) is 6.03. The summed E-state index contributed by atoms with van der Waals surface area (Å²) in [5, 5.41) is 7.88. The van der Waals surface area contributed by atoms with Crippen LogP contribution < -0.4 is 4.74 Å². The van der Waals surface area contributed by atoms with Crippen molar-refractivity contribution in [2.24, 2.45) is 5.92 Å². The van der Waals surface area contributed by atoms with Crippen molar-refractivity contribution in [3.8, 4) is 17.0 Å². The number of pyridine rings is 1. The van der Waals surface area contributed by atoms with Crippen molar-refractivity contribution in [3.63, 3.8) is 0 Å². The maximum Gasteiger partial charge on any atom is 0.170 e. The Labute approximate surface area is 193 Å². The van der Waals surface area contributed by atoms with Gasteiger partial charge in [-0.15, -0.1) is 0 Å². The lowest BCUT2D eigenvalue weighted by atomic mass is 9.84. The van der Waals surface area contributed by atoms with E-state index in [9.17, 15) is 4.79 Å².